The summed E-state index contributed by atoms with van der Waals surface area (Å²) in [7, 11) is -2.77. The highest BCUT2D eigenvalue weighted by atomic mass is 28.3. The lowest BCUT2D eigenvalue weighted by molar-refractivity contribution is 1.14. The molecule has 0 spiro atoms. The van der Waals surface area contributed by atoms with E-state index in [1.807, 2.05) is 24.7 Å². The zero-order chi connectivity index (χ0) is 27.7. The maximum absolute atomic E-state index is 5.23. The average Bonchev–Trinajstić information content (AvgIpc) is 3.58. The van der Waals surface area contributed by atoms with Crippen LogP contribution in [0.2, 0.25) is 0 Å². The number of pyridine rings is 2. The van der Waals surface area contributed by atoms with E-state index in [1.54, 1.807) is 0 Å². The third-order valence-corrected chi connectivity index (χ3v) is 13.8. The Bertz CT molecular complexity index is 2250. The third kappa shape index (κ3) is 2.94. The summed E-state index contributed by atoms with van der Waals surface area (Å²) in [5, 5.41) is 9.21. The monoisotopic (exact) mass is 551 g/mol. The molecule has 0 amide bonds. The minimum Gasteiger partial charge on any atom is -0.307 e. The fourth-order valence-corrected chi connectivity index (χ4v) is 12.8. The van der Waals surface area contributed by atoms with Crippen molar-refractivity contribution in [1.82, 2.24) is 14.5 Å². The lowest BCUT2D eigenvalue weighted by Gasteiger charge is -2.31. The summed E-state index contributed by atoms with van der Waals surface area (Å²) in [6.45, 7) is 0. The summed E-state index contributed by atoms with van der Waals surface area (Å²) in [5.41, 5.74) is 7.17. The van der Waals surface area contributed by atoms with Crippen LogP contribution in [-0.2, 0) is 0 Å². The number of hydrogen-bond acceptors (Lipinski definition) is 2. The molecule has 1 aliphatic rings. The molecule has 0 aliphatic carbocycles. The van der Waals surface area contributed by atoms with Gasteiger partial charge in [-0.25, -0.2) is 0 Å². The zero-order valence-corrected chi connectivity index (χ0v) is 23.8. The highest BCUT2D eigenvalue weighted by Crippen LogP contribution is 2.44. The Morgan fingerprint density at radius 2 is 1.24 bits per heavy atom. The van der Waals surface area contributed by atoms with E-state index in [2.05, 4.69) is 137 Å². The van der Waals surface area contributed by atoms with Crippen LogP contribution in [-0.4, -0.2) is 22.6 Å². The highest BCUT2D eigenvalue weighted by Gasteiger charge is 2.51. The van der Waals surface area contributed by atoms with Crippen LogP contribution in [0.25, 0.3) is 49.5 Å². The van der Waals surface area contributed by atoms with E-state index >= 15 is 0 Å². The summed E-state index contributed by atoms with van der Waals surface area (Å²) in [6.07, 6.45) is 5.79. The number of para-hydroxylation sites is 1. The van der Waals surface area contributed by atoms with Crippen molar-refractivity contribution in [3.63, 3.8) is 0 Å². The predicted octanol–water partition coefficient (Wildman–Crippen LogP) is 6.08. The summed E-state index contributed by atoms with van der Waals surface area (Å²) in [6, 6.07) is 48.7. The Labute approximate surface area is 244 Å². The van der Waals surface area contributed by atoms with Crippen molar-refractivity contribution in [2.75, 3.05) is 0 Å². The molecule has 8 aromatic rings. The number of nitrogens with zero attached hydrogens (tertiary/aromatic N) is 3. The van der Waals surface area contributed by atoms with Crippen molar-refractivity contribution >= 4 is 61.5 Å². The number of aromatic nitrogens is 3. The number of hydrogen-bond donors (Lipinski definition) is 0. The summed E-state index contributed by atoms with van der Waals surface area (Å²) < 4.78 is 2.43. The van der Waals surface area contributed by atoms with Crippen LogP contribution >= 0.6 is 0 Å². The van der Waals surface area contributed by atoms with Crippen molar-refractivity contribution in [3.8, 4) is 16.8 Å². The van der Waals surface area contributed by atoms with Gasteiger partial charge < -0.3 is 4.57 Å². The minimum atomic E-state index is -2.77. The lowest BCUT2D eigenvalue weighted by atomic mass is 9.98. The second kappa shape index (κ2) is 8.84. The molecule has 0 bridgehead atoms. The molecule has 0 fully saturated rings. The quantitative estimate of drug-likeness (QED) is 0.249. The first-order chi connectivity index (χ1) is 20.9. The Hall–Kier alpha value is -5.32. The Morgan fingerprint density at radius 3 is 2.00 bits per heavy atom. The van der Waals surface area contributed by atoms with E-state index in [0.29, 0.717) is 0 Å². The van der Waals surface area contributed by atoms with Gasteiger partial charge in [0.05, 0.1) is 28.4 Å². The molecule has 0 saturated heterocycles. The molecular formula is C38H25N3Si. The van der Waals surface area contributed by atoms with Crippen LogP contribution < -0.4 is 20.7 Å². The lowest BCUT2D eigenvalue weighted by Crippen LogP contribution is -2.73. The molecule has 5 aromatic carbocycles. The largest absolute Gasteiger partial charge is 0.307 e. The van der Waals surface area contributed by atoms with Crippen LogP contribution in [0.4, 0.5) is 0 Å². The fraction of sp³-hybridized carbons (Fsp3) is 0. The highest BCUT2D eigenvalue weighted by molar-refractivity contribution is 7.23. The van der Waals surface area contributed by atoms with Crippen LogP contribution in [0.5, 0.6) is 0 Å². The Kier molecular flexibility index (Phi) is 4.92. The Balaban J connectivity index is 1.63. The number of benzene rings is 5. The van der Waals surface area contributed by atoms with Crippen molar-refractivity contribution < 1.29 is 0 Å². The third-order valence-electron chi connectivity index (χ3n) is 8.97. The molecular weight excluding hydrogens is 527 g/mol. The van der Waals surface area contributed by atoms with Crippen molar-refractivity contribution in [3.05, 3.63) is 152 Å². The van der Waals surface area contributed by atoms with Crippen LogP contribution in [0.15, 0.2) is 152 Å². The number of fused-ring (bicyclic) bond motifs is 10. The minimum absolute atomic E-state index is 1.06. The normalized spacial score (nSPS) is 13.4. The SMILES string of the molecule is c1ccc([Si]2(c3ccccc3)c3ccccc3-c3c2c2ncccc2c2c4ccccc4n(-c4cccnc4)c32)cc1. The second-order valence-corrected chi connectivity index (χ2v) is 14.7. The molecule has 42 heavy (non-hydrogen) atoms. The maximum Gasteiger partial charge on any atom is 0.183 e. The van der Waals surface area contributed by atoms with Gasteiger partial charge in [0.15, 0.2) is 8.07 Å². The molecule has 0 saturated carbocycles. The molecule has 0 unspecified atom stereocenters. The van der Waals surface area contributed by atoms with E-state index in [1.165, 1.54) is 59.1 Å². The summed E-state index contributed by atoms with van der Waals surface area (Å²) in [4.78, 5) is 9.79. The van der Waals surface area contributed by atoms with Crippen LogP contribution in [0.1, 0.15) is 0 Å². The van der Waals surface area contributed by atoms with Gasteiger partial charge in [-0.05, 0) is 50.6 Å². The molecule has 0 N–H and O–H groups in total. The van der Waals surface area contributed by atoms with Crippen molar-refractivity contribution in [2.45, 2.75) is 0 Å². The van der Waals surface area contributed by atoms with Gasteiger partial charge in [-0.1, -0.05) is 109 Å². The van der Waals surface area contributed by atoms with Gasteiger partial charge in [0.2, 0.25) is 0 Å². The van der Waals surface area contributed by atoms with Gasteiger partial charge in [-0.15, -0.1) is 0 Å². The molecule has 9 rings (SSSR count). The average molecular weight is 552 g/mol. The van der Waals surface area contributed by atoms with Gasteiger partial charge in [0.1, 0.15) is 0 Å². The molecule has 4 heteroatoms. The predicted molar refractivity (Wildman–Crippen MR) is 176 cm³/mol. The first-order valence-corrected chi connectivity index (χ1v) is 16.3. The summed E-state index contributed by atoms with van der Waals surface area (Å²) >= 11 is 0. The van der Waals surface area contributed by atoms with E-state index < -0.39 is 8.07 Å². The van der Waals surface area contributed by atoms with Gasteiger partial charge in [0.25, 0.3) is 0 Å². The van der Waals surface area contributed by atoms with Gasteiger partial charge in [-0.3, -0.25) is 9.97 Å². The van der Waals surface area contributed by atoms with E-state index in [-0.39, 0.29) is 0 Å². The first-order valence-electron chi connectivity index (χ1n) is 14.3. The van der Waals surface area contributed by atoms with E-state index in [0.717, 1.165) is 11.2 Å². The molecule has 3 aromatic heterocycles. The van der Waals surface area contributed by atoms with E-state index in [9.17, 15) is 0 Å². The van der Waals surface area contributed by atoms with Crippen LogP contribution in [0.3, 0.4) is 0 Å². The molecule has 0 atom stereocenters. The zero-order valence-electron chi connectivity index (χ0n) is 22.8. The molecule has 196 valence electrons. The van der Waals surface area contributed by atoms with Gasteiger partial charge >= 0.3 is 0 Å². The smallest absolute Gasteiger partial charge is 0.183 e. The molecule has 0 radical (unpaired) electrons. The van der Waals surface area contributed by atoms with Crippen molar-refractivity contribution in [2.24, 2.45) is 0 Å². The van der Waals surface area contributed by atoms with E-state index in [4.69, 9.17) is 4.98 Å². The maximum atomic E-state index is 5.23. The Morgan fingerprint density at radius 1 is 0.571 bits per heavy atom. The van der Waals surface area contributed by atoms with Gasteiger partial charge in [-0.2, -0.15) is 0 Å². The molecule has 4 heterocycles. The number of rotatable bonds is 3. The topological polar surface area (TPSA) is 30.7 Å². The molecule has 1 aliphatic heterocycles. The molecule has 3 nitrogen and oxygen atoms in total. The standard InChI is InChI=1S/C38H25N3Si/c1-3-14-27(15-4-1)42(28-16-5-2-6-17-28)33-22-10-8-19-30(33)35-37-34(31-20-12-24-40-36(31)38(35)42)29-18-7-9-21-32(29)41(37)26-13-11-23-39-25-26/h1-25H. The van der Waals surface area contributed by atoms with Gasteiger partial charge in [0, 0.05) is 34.1 Å². The second-order valence-electron chi connectivity index (χ2n) is 11.0. The fourth-order valence-electron chi connectivity index (χ4n) is 7.48. The summed E-state index contributed by atoms with van der Waals surface area (Å²) in [5.74, 6) is 0. The van der Waals surface area contributed by atoms with Crippen LogP contribution in [0, 0.1) is 0 Å². The first kappa shape index (κ1) is 23.4. The van der Waals surface area contributed by atoms with Crippen molar-refractivity contribution in [1.29, 1.82) is 0 Å².